The number of nitrogens with zero attached hydrogens (tertiary/aromatic N) is 1. The van der Waals surface area contributed by atoms with Gasteiger partial charge in [0.1, 0.15) is 11.3 Å². The Morgan fingerprint density at radius 1 is 1.19 bits per heavy atom. The quantitative estimate of drug-likeness (QED) is 0.721. The molecule has 4 rings (SSSR count). The van der Waals surface area contributed by atoms with E-state index >= 15 is 0 Å². The molecule has 1 aliphatic rings. The Kier molecular flexibility index (Phi) is 4.32. The van der Waals surface area contributed by atoms with Crippen molar-refractivity contribution in [3.05, 3.63) is 64.5 Å². The summed E-state index contributed by atoms with van der Waals surface area (Å²) in [5, 5.41) is 3.83. The summed E-state index contributed by atoms with van der Waals surface area (Å²) in [4.78, 5) is 26.5. The molecule has 1 atom stereocenters. The molecule has 1 aliphatic heterocycles. The summed E-state index contributed by atoms with van der Waals surface area (Å²) in [6, 6.07) is 14.7. The molecule has 27 heavy (non-hydrogen) atoms. The summed E-state index contributed by atoms with van der Waals surface area (Å²) >= 11 is 0. The Morgan fingerprint density at radius 2 is 2.00 bits per heavy atom. The van der Waals surface area contributed by atoms with Crippen molar-refractivity contribution in [2.45, 2.75) is 13.5 Å². The molecule has 2 heterocycles. The van der Waals surface area contributed by atoms with Crippen molar-refractivity contribution in [2.75, 3.05) is 23.9 Å². The zero-order chi connectivity index (χ0) is 19.0. The number of amides is 1. The van der Waals surface area contributed by atoms with Gasteiger partial charge in [-0.25, -0.2) is 4.79 Å². The molecule has 0 saturated carbocycles. The molecule has 3 aromatic rings. The Bertz CT molecular complexity index is 1070. The zero-order valence-corrected chi connectivity index (χ0v) is 15.2. The second kappa shape index (κ2) is 6.79. The standard InChI is InChI=1S/C21H20N2O4/c1-13-11-23(18-6-4-3-5-17(18)22-21(13)25)12-14-9-20(24)27-19-10-15(26-2)7-8-16(14)19/h3-10,13H,11-12H2,1-2H3,(H,22,25). The second-order valence-electron chi connectivity index (χ2n) is 6.74. The van der Waals surface area contributed by atoms with Crippen LogP contribution in [-0.2, 0) is 11.3 Å². The molecule has 0 radical (unpaired) electrons. The largest absolute Gasteiger partial charge is 0.497 e. The van der Waals surface area contributed by atoms with Gasteiger partial charge >= 0.3 is 5.63 Å². The molecule has 2 aromatic carbocycles. The maximum absolute atomic E-state index is 12.3. The number of hydrogen-bond donors (Lipinski definition) is 1. The first kappa shape index (κ1) is 17.1. The average Bonchev–Trinajstić information content (AvgIpc) is 2.78. The smallest absolute Gasteiger partial charge is 0.336 e. The van der Waals surface area contributed by atoms with Gasteiger partial charge in [0.05, 0.1) is 24.4 Å². The lowest BCUT2D eigenvalue weighted by Crippen LogP contribution is -2.30. The Morgan fingerprint density at radius 3 is 2.81 bits per heavy atom. The number of fused-ring (bicyclic) bond motifs is 2. The SMILES string of the molecule is COc1ccc2c(CN3CC(C)C(=O)Nc4ccccc43)cc(=O)oc2c1. The van der Waals surface area contributed by atoms with Crippen LogP contribution in [0.15, 0.2) is 57.7 Å². The van der Waals surface area contributed by atoms with Gasteiger partial charge in [-0.05, 0) is 29.8 Å². The van der Waals surface area contributed by atoms with Crippen LogP contribution in [0.1, 0.15) is 12.5 Å². The topological polar surface area (TPSA) is 71.8 Å². The van der Waals surface area contributed by atoms with E-state index in [0.29, 0.717) is 24.4 Å². The molecular formula is C21H20N2O4. The first-order valence-electron chi connectivity index (χ1n) is 8.81. The van der Waals surface area contributed by atoms with Gasteiger partial charge in [0.15, 0.2) is 0 Å². The van der Waals surface area contributed by atoms with Crippen molar-refractivity contribution >= 4 is 28.3 Å². The predicted molar refractivity (Wildman–Crippen MR) is 104 cm³/mol. The lowest BCUT2D eigenvalue weighted by atomic mass is 10.1. The van der Waals surface area contributed by atoms with Gasteiger partial charge in [0.25, 0.3) is 0 Å². The lowest BCUT2D eigenvalue weighted by molar-refractivity contribution is -0.119. The fourth-order valence-electron chi connectivity index (χ4n) is 3.45. The maximum Gasteiger partial charge on any atom is 0.336 e. The number of benzene rings is 2. The minimum atomic E-state index is -0.406. The van der Waals surface area contributed by atoms with Crippen molar-refractivity contribution in [3.8, 4) is 5.75 Å². The molecule has 0 bridgehead atoms. The molecule has 0 fully saturated rings. The zero-order valence-electron chi connectivity index (χ0n) is 15.2. The Hall–Kier alpha value is -3.28. The molecule has 6 nitrogen and oxygen atoms in total. The molecule has 138 valence electrons. The predicted octanol–water partition coefficient (Wildman–Crippen LogP) is 3.40. The van der Waals surface area contributed by atoms with Crippen LogP contribution < -0.4 is 20.6 Å². The van der Waals surface area contributed by atoms with E-state index < -0.39 is 5.63 Å². The van der Waals surface area contributed by atoms with Crippen molar-refractivity contribution in [1.29, 1.82) is 0 Å². The monoisotopic (exact) mass is 364 g/mol. The van der Waals surface area contributed by atoms with Gasteiger partial charge in [0, 0.05) is 30.6 Å². The van der Waals surface area contributed by atoms with E-state index in [9.17, 15) is 9.59 Å². The number of ether oxygens (including phenoxy) is 1. The highest BCUT2D eigenvalue weighted by Gasteiger charge is 2.25. The molecule has 0 saturated heterocycles. The molecule has 6 heteroatoms. The third-order valence-electron chi connectivity index (χ3n) is 4.84. The molecular weight excluding hydrogens is 344 g/mol. The fraction of sp³-hybridized carbons (Fsp3) is 0.238. The summed E-state index contributed by atoms with van der Waals surface area (Å²) in [6.45, 7) is 2.95. The number of methoxy groups -OCH3 is 1. The van der Waals surface area contributed by atoms with Gasteiger partial charge in [0.2, 0.25) is 5.91 Å². The highest BCUT2D eigenvalue weighted by atomic mass is 16.5. The molecule has 1 unspecified atom stereocenters. The van der Waals surface area contributed by atoms with Crippen LogP contribution in [0, 0.1) is 5.92 Å². The highest BCUT2D eigenvalue weighted by molar-refractivity contribution is 5.97. The number of anilines is 2. The third kappa shape index (κ3) is 3.26. The molecule has 1 amide bonds. The van der Waals surface area contributed by atoms with Crippen LogP contribution in [0.4, 0.5) is 11.4 Å². The van der Waals surface area contributed by atoms with Crippen LogP contribution in [0.25, 0.3) is 11.0 Å². The number of nitrogens with one attached hydrogen (secondary N) is 1. The van der Waals surface area contributed by atoms with E-state index in [0.717, 1.165) is 22.3 Å². The number of carbonyl (C=O) groups excluding carboxylic acids is 1. The number of para-hydroxylation sites is 2. The third-order valence-corrected chi connectivity index (χ3v) is 4.84. The van der Waals surface area contributed by atoms with Gasteiger partial charge in [-0.1, -0.05) is 19.1 Å². The van der Waals surface area contributed by atoms with Gasteiger partial charge in [-0.3, -0.25) is 4.79 Å². The minimum absolute atomic E-state index is 0.00730. The fourth-order valence-corrected chi connectivity index (χ4v) is 3.45. The molecule has 1 aromatic heterocycles. The van der Waals surface area contributed by atoms with Crippen molar-refractivity contribution in [1.82, 2.24) is 0 Å². The number of rotatable bonds is 3. The van der Waals surface area contributed by atoms with E-state index in [-0.39, 0.29) is 11.8 Å². The summed E-state index contributed by atoms with van der Waals surface area (Å²) in [7, 11) is 1.57. The Balaban J connectivity index is 1.79. The van der Waals surface area contributed by atoms with E-state index in [2.05, 4.69) is 10.2 Å². The first-order chi connectivity index (χ1) is 13.0. The van der Waals surface area contributed by atoms with Crippen LogP contribution in [0.5, 0.6) is 5.75 Å². The average molecular weight is 364 g/mol. The van der Waals surface area contributed by atoms with Crippen molar-refractivity contribution in [2.24, 2.45) is 5.92 Å². The highest BCUT2D eigenvalue weighted by Crippen LogP contribution is 2.32. The summed E-state index contributed by atoms with van der Waals surface area (Å²) < 4.78 is 10.6. The maximum atomic E-state index is 12.3. The van der Waals surface area contributed by atoms with E-state index in [1.165, 1.54) is 6.07 Å². The van der Waals surface area contributed by atoms with Crippen LogP contribution >= 0.6 is 0 Å². The van der Waals surface area contributed by atoms with E-state index in [4.69, 9.17) is 9.15 Å². The van der Waals surface area contributed by atoms with Crippen LogP contribution in [-0.4, -0.2) is 19.6 Å². The van der Waals surface area contributed by atoms with Crippen LogP contribution in [0.2, 0.25) is 0 Å². The van der Waals surface area contributed by atoms with E-state index in [1.807, 2.05) is 43.3 Å². The van der Waals surface area contributed by atoms with E-state index in [1.54, 1.807) is 13.2 Å². The van der Waals surface area contributed by atoms with Gasteiger partial charge in [-0.15, -0.1) is 0 Å². The summed E-state index contributed by atoms with van der Waals surface area (Å²) in [5.41, 5.74) is 2.64. The van der Waals surface area contributed by atoms with Gasteiger partial charge in [-0.2, -0.15) is 0 Å². The molecule has 0 spiro atoms. The Labute approximate surface area is 156 Å². The molecule has 0 aliphatic carbocycles. The summed E-state index contributed by atoms with van der Waals surface area (Å²) in [5.74, 6) is 0.447. The van der Waals surface area contributed by atoms with Crippen molar-refractivity contribution < 1.29 is 13.9 Å². The molecule has 1 N–H and O–H groups in total. The number of hydrogen-bond acceptors (Lipinski definition) is 5. The normalized spacial score (nSPS) is 16.6. The van der Waals surface area contributed by atoms with Crippen molar-refractivity contribution in [3.63, 3.8) is 0 Å². The second-order valence-corrected chi connectivity index (χ2v) is 6.74. The number of carbonyl (C=O) groups is 1. The minimum Gasteiger partial charge on any atom is -0.497 e. The first-order valence-corrected chi connectivity index (χ1v) is 8.81. The van der Waals surface area contributed by atoms with Gasteiger partial charge < -0.3 is 19.4 Å². The lowest BCUT2D eigenvalue weighted by Gasteiger charge is -2.26. The summed E-state index contributed by atoms with van der Waals surface area (Å²) in [6.07, 6.45) is 0. The van der Waals surface area contributed by atoms with Crippen LogP contribution in [0.3, 0.4) is 0 Å².